The normalized spacial score (nSPS) is 29.1. The van der Waals surface area contributed by atoms with E-state index in [-0.39, 0.29) is 12.1 Å². The SMILES string of the molecule is O=C(Nc1nnc(C2CC2)s1)N[C@@H]1CCN2CCCC[C@H]12. The molecular weight excluding hydrogens is 286 g/mol. The molecule has 21 heavy (non-hydrogen) atoms. The summed E-state index contributed by atoms with van der Waals surface area (Å²) >= 11 is 1.51. The van der Waals surface area contributed by atoms with Crippen molar-refractivity contribution in [3.8, 4) is 0 Å². The van der Waals surface area contributed by atoms with Gasteiger partial charge in [0.1, 0.15) is 5.01 Å². The molecule has 0 unspecified atom stereocenters. The van der Waals surface area contributed by atoms with Gasteiger partial charge in [0.05, 0.1) is 0 Å². The van der Waals surface area contributed by atoms with Gasteiger partial charge in [-0.15, -0.1) is 10.2 Å². The standard InChI is InChI=1S/C14H21N5OS/c20-13(16-14-18-17-12(21-14)9-4-5-9)15-10-6-8-19-7-2-1-3-11(10)19/h9-11H,1-8H2,(H2,15,16,18,20)/t10-,11-/m1/s1. The number of carbonyl (C=O) groups excluding carboxylic acids is 1. The number of piperidine rings is 1. The molecule has 2 N–H and O–H groups in total. The molecule has 2 atom stereocenters. The molecule has 1 aromatic rings. The Labute approximate surface area is 128 Å². The van der Waals surface area contributed by atoms with Gasteiger partial charge in [0.15, 0.2) is 0 Å². The van der Waals surface area contributed by atoms with Crippen molar-refractivity contribution in [3.05, 3.63) is 5.01 Å². The Bertz CT molecular complexity index is 529. The zero-order chi connectivity index (χ0) is 14.2. The van der Waals surface area contributed by atoms with Crippen LogP contribution in [0.4, 0.5) is 9.93 Å². The molecule has 1 aliphatic carbocycles. The number of nitrogens with zero attached hydrogens (tertiary/aromatic N) is 3. The van der Waals surface area contributed by atoms with Gasteiger partial charge in [-0.05, 0) is 38.6 Å². The lowest BCUT2D eigenvalue weighted by molar-refractivity contribution is 0.180. The van der Waals surface area contributed by atoms with E-state index < -0.39 is 0 Å². The fourth-order valence-electron chi connectivity index (χ4n) is 3.50. The van der Waals surface area contributed by atoms with E-state index in [1.54, 1.807) is 0 Å². The summed E-state index contributed by atoms with van der Waals surface area (Å²) in [5.74, 6) is 0.590. The minimum atomic E-state index is -0.133. The van der Waals surface area contributed by atoms with E-state index in [9.17, 15) is 4.79 Å². The molecule has 0 spiro atoms. The summed E-state index contributed by atoms with van der Waals surface area (Å²) in [4.78, 5) is 14.7. The van der Waals surface area contributed by atoms with Crippen LogP contribution in [0.15, 0.2) is 0 Å². The number of carbonyl (C=O) groups is 1. The summed E-state index contributed by atoms with van der Waals surface area (Å²) in [7, 11) is 0. The second-order valence-corrected chi connectivity index (χ2v) is 7.32. The molecule has 0 bridgehead atoms. The highest BCUT2D eigenvalue weighted by Crippen LogP contribution is 2.42. The smallest absolute Gasteiger partial charge is 0.321 e. The zero-order valence-corrected chi connectivity index (χ0v) is 12.9. The lowest BCUT2D eigenvalue weighted by Gasteiger charge is -2.32. The number of amides is 2. The first-order chi connectivity index (χ1) is 10.3. The molecule has 2 amide bonds. The second-order valence-electron chi connectivity index (χ2n) is 6.31. The molecule has 1 aromatic heterocycles. The number of aromatic nitrogens is 2. The molecule has 3 heterocycles. The van der Waals surface area contributed by atoms with E-state index in [1.807, 2.05) is 0 Å². The number of urea groups is 1. The Hall–Kier alpha value is -1.21. The van der Waals surface area contributed by atoms with E-state index in [4.69, 9.17) is 0 Å². The maximum absolute atomic E-state index is 12.1. The quantitative estimate of drug-likeness (QED) is 0.898. The van der Waals surface area contributed by atoms with Gasteiger partial charge in [-0.2, -0.15) is 0 Å². The molecule has 2 aliphatic heterocycles. The van der Waals surface area contributed by atoms with Crippen LogP contribution >= 0.6 is 11.3 Å². The van der Waals surface area contributed by atoms with Gasteiger partial charge in [0.2, 0.25) is 5.13 Å². The van der Waals surface area contributed by atoms with Gasteiger partial charge in [-0.1, -0.05) is 17.8 Å². The summed E-state index contributed by atoms with van der Waals surface area (Å²) in [6, 6.07) is 0.674. The Balaban J connectivity index is 1.32. The molecule has 1 saturated carbocycles. The highest BCUT2D eigenvalue weighted by atomic mass is 32.1. The minimum absolute atomic E-state index is 0.133. The number of rotatable bonds is 3. The van der Waals surface area contributed by atoms with E-state index in [0.717, 1.165) is 18.0 Å². The van der Waals surface area contributed by atoms with Crippen LogP contribution in [0.1, 0.15) is 49.5 Å². The van der Waals surface area contributed by atoms with E-state index in [1.165, 1.54) is 50.0 Å². The third kappa shape index (κ3) is 2.89. The molecule has 0 aromatic carbocycles. The number of nitrogens with one attached hydrogen (secondary N) is 2. The van der Waals surface area contributed by atoms with Crippen molar-refractivity contribution >= 4 is 22.5 Å². The van der Waals surface area contributed by atoms with Gasteiger partial charge < -0.3 is 5.32 Å². The monoisotopic (exact) mass is 307 g/mol. The number of hydrogen-bond donors (Lipinski definition) is 2. The second kappa shape index (κ2) is 5.53. The molecule has 0 radical (unpaired) electrons. The van der Waals surface area contributed by atoms with Crippen molar-refractivity contribution in [2.24, 2.45) is 0 Å². The van der Waals surface area contributed by atoms with Gasteiger partial charge in [-0.25, -0.2) is 4.79 Å². The minimum Gasteiger partial charge on any atom is -0.333 e. The maximum Gasteiger partial charge on any atom is 0.321 e. The molecule has 2 saturated heterocycles. The van der Waals surface area contributed by atoms with Crippen molar-refractivity contribution < 1.29 is 4.79 Å². The molecule has 4 rings (SSSR count). The highest BCUT2D eigenvalue weighted by molar-refractivity contribution is 7.15. The van der Waals surface area contributed by atoms with Gasteiger partial charge in [-0.3, -0.25) is 10.2 Å². The summed E-state index contributed by atoms with van der Waals surface area (Å²) < 4.78 is 0. The highest BCUT2D eigenvalue weighted by Gasteiger charge is 2.36. The largest absolute Gasteiger partial charge is 0.333 e. The van der Waals surface area contributed by atoms with Crippen LogP contribution in [-0.2, 0) is 0 Å². The maximum atomic E-state index is 12.1. The molecule has 6 nitrogen and oxygen atoms in total. The van der Waals surface area contributed by atoms with Crippen LogP contribution in [0.25, 0.3) is 0 Å². The first kappa shape index (κ1) is 13.5. The average Bonchev–Trinajstić information content (AvgIpc) is 3.12. The third-order valence-electron chi connectivity index (χ3n) is 4.76. The predicted molar refractivity (Wildman–Crippen MR) is 81.7 cm³/mol. The molecule has 114 valence electrons. The van der Waals surface area contributed by atoms with Gasteiger partial charge in [0, 0.05) is 24.5 Å². The van der Waals surface area contributed by atoms with Crippen LogP contribution < -0.4 is 10.6 Å². The zero-order valence-electron chi connectivity index (χ0n) is 12.0. The molecule has 7 heteroatoms. The Morgan fingerprint density at radius 3 is 2.90 bits per heavy atom. The Morgan fingerprint density at radius 2 is 2.05 bits per heavy atom. The van der Waals surface area contributed by atoms with Crippen molar-refractivity contribution in [3.63, 3.8) is 0 Å². The Kier molecular flexibility index (Phi) is 3.54. The summed E-state index contributed by atoms with van der Waals surface area (Å²) in [6.07, 6.45) is 7.25. The summed E-state index contributed by atoms with van der Waals surface area (Å²) in [6.45, 7) is 2.30. The van der Waals surface area contributed by atoms with E-state index >= 15 is 0 Å². The molecule has 3 fully saturated rings. The van der Waals surface area contributed by atoms with Crippen molar-refractivity contribution in [1.82, 2.24) is 20.4 Å². The van der Waals surface area contributed by atoms with Crippen LogP contribution in [-0.4, -0.2) is 46.3 Å². The van der Waals surface area contributed by atoms with Crippen LogP contribution in [0, 0.1) is 0 Å². The topological polar surface area (TPSA) is 70.1 Å². The average molecular weight is 307 g/mol. The van der Waals surface area contributed by atoms with E-state index in [2.05, 4.69) is 25.7 Å². The van der Waals surface area contributed by atoms with Crippen molar-refractivity contribution in [2.75, 3.05) is 18.4 Å². The molecular formula is C14H21N5OS. The predicted octanol–water partition coefficient (Wildman–Crippen LogP) is 2.16. The first-order valence-corrected chi connectivity index (χ1v) is 8.76. The fraction of sp³-hybridized carbons (Fsp3) is 0.786. The van der Waals surface area contributed by atoms with Crippen molar-refractivity contribution in [1.29, 1.82) is 0 Å². The van der Waals surface area contributed by atoms with Crippen molar-refractivity contribution in [2.45, 2.75) is 56.5 Å². The summed E-state index contributed by atoms with van der Waals surface area (Å²) in [5, 5.41) is 15.9. The van der Waals surface area contributed by atoms with Gasteiger partial charge >= 0.3 is 6.03 Å². The lowest BCUT2D eigenvalue weighted by atomic mass is 9.99. The number of fused-ring (bicyclic) bond motifs is 1. The number of hydrogen-bond acceptors (Lipinski definition) is 5. The van der Waals surface area contributed by atoms with Gasteiger partial charge in [0.25, 0.3) is 0 Å². The first-order valence-electron chi connectivity index (χ1n) is 7.94. The molecule has 3 aliphatic rings. The lowest BCUT2D eigenvalue weighted by Crippen LogP contribution is -2.47. The summed E-state index contributed by atoms with van der Waals surface area (Å²) in [5.41, 5.74) is 0. The van der Waals surface area contributed by atoms with Crippen LogP contribution in [0.5, 0.6) is 0 Å². The Morgan fingerprint density at radius 1 is 1.14 bits per heavy atom. The van der Waals surface area contributed by atoms with Crippen LogP contribution in [0.2, 0.25) is 0 Å². The third-order valence-corrected chi connectivity index (χ3v) is 5.76. The van der Waals surface area contributed by atoms with Crippen LogP contribution in [0.3, 0.4) is 0 Å². The van der Waals surface area contributed by atoms with E-state index in [0.29, 0.717) is 17.1 Å². The number of anilines is 1. The fourth-order valence-corrected chi connectivity index (χ4v) is 4.41.